The van der Waals surface area contributed by atoms with Gasteiger partial charge in [0, 0.05) is 18.5 Å². The number of hydrogen-bond donors (Lipinski definition) is 3. The number of hydrogen-bond acceptors (Lipinski definition) is 5. The summed E-state index contributed by atoms with van der Waals surface area (Å²) in [7, 11) is -3.86. The van der Waals surface area contributed by atoms with E-state index in [1.165, 1.54) is 6.07 Å². The van der Waals surface area contributed by atoms with Crippen molar-refractivity contribution in [3.05, 3.63) is 53.1 Å². The molecule has 29 heavy (non-hydrogen) atoms. The van der Waals surface area contributed by atoms with Gasteiger partial charge in [-0.1, -0.05) is 23.8 Å². The summed E-state index contributed by atoms with van der Waals surface area (Å²) in [4.78, 5) is 23.5. The third kappa shape index (κ3) is 4.80. The van der Waals surface area contributed by atoms with Gasteiger partial charge < -0.3 is 5.32 Å². The lowest BCUT2D eigenvalue weighted by Gasteiger charge is -2.15. The van der Waals surface area contributed by atoms with Crippen LogP contribution in [0, 0.1) is 20.8 Å². The zero-order valence-corrected chi connectivity index (χ0v) is 17.2. The number of amides is 2. The Bertz CT molecular complexity index is 1120. The molecule has 0 saturated carbocycles. The van der Waals surface area contributed by atoms with E-state index in [1.807, 2.05) is 26.0 Å². The van der Waals surface area contributed by atoms with Gasteiger partial charge in [-0.3, -0.25) is 14.3 Å². The largest absolute Gasteiger partial charge is 0.321 e. The second-order valence-electron chi connectivity index (χ2n) is 6.95. The van der Waals surface area contributed by atoms with Crippen LogP contribution in [0.2, 0.25) is 0 Å². The molecule has 8 nitrogen and oxygen atoms in total. The Morgan fingerprint density at radius 2 is 1.79 bits per heavy atom. The molecule has 0 saturated heterocycles. The fourth-order valence-corrected chi connectivity index (χ4v) is 4.34. The van der Waals surface area contributed by atoms with Crippen molar-refractivity contribution in [1.29, 1.82) is 0 Å². The first-order valence-corrected chi connectivity index (χ1v) is 10.5. The van der Waals surface area contributed by atoms with Gasteiger partial charge in [0.1, 0.15) is 5.71 Å². The Hall–Kier alpha value is -3.20. The maximum atomic E-state index is 12.9. The van der Waals surface area contributed by atoms with E-state index >= 15 is 0 Å². The summed E-state index contributed by atoms with van der Waals surface area (Å²) < 4.78 is 28.5. The molecule has 1 aliphatic rings. The summed E-state index contributed by atoms with van der Waals surface area (Å²) in [6.45, 7) is 5.45. The van der Waals surface area contributed by atoms with Crippen molar-refractivity contribution in [3.8, 4) is 0 Å². The summed E-state index contributed by atoms with van der Waals surface area (Å²) in [6.07, 6.45) is 0.405. The third-order valence-electron chi connectivity index (χ3n) is 4.53. The second-order valence-corrected chi connectivity index (χ2v) is 8.60. The van der Waals surface area contributed by atoms with Crippen LogP contribution in [-0.2, 0) is 19.6 Å². The molecule has 3 rings (SSSR count). The molecule has 0 spiro atoms. The van der Waals surface area contributed by atoms with Gasteiger partial charge in [-0.15, -0.1) is 0 Å². The maximum absolute atomic E-state index is 12.9. The average Bonchev–Trinajstić information content (AvgIpc) is 2.66. The molecule has 9 heteroatoms. The lowest BCUT2D eigenvalue weighted by atomic mass is 10.1. The van der Waals surface area contributed by atoms with Gasteiger partial charge in [0.15, 0.2) is 0 Å². The molecular weight excluding hydrogens is 392 g/mol. The highest BCUT2D eigenvalue weighted by Crippen LogP contribution is 2.25. The minimum absolute atomic E-state index is 0.0640. The standard InChI is InChI=1S/C20H22N4O4S/c1-12-4-7-16(14(3)10-12)24-29(27,28)18-11-15(6-5-13(18)2)21-20(26)17-8-9-19(25)23-22-17/h4-7,10-11,24H,8-9H2,1-3H3,(H,21,26)(H,23,25). The van der Waals surface area contributed by atoms with Crippen LogP contribution >= 0.6 is 0 Å². The Morgan fingerprint density at radius 3 is 2.45 bits per heavy atom. The van der Waals surface area contributed by atoms with E-state index in [0.717, 1.165) is 11.1 Å². The first kappa shape index (κ1) is 20.5. The number of carbonyl (C=O) groups excluding carboxylic acids is 2. The van der Waals surface area contributed by atoms with Crippen molar-refractivity contribution in [2.45, 2.75) is 38.5 Å². The zero-order valence-electron chi connectivity index (χ0n) is 16.4. The number of sulfonamides is 1. The lowest BCUT2D eigenvalue weighted by molar-refractivity contribution is -0.121. The number of carbonyl (C=O) groups is 2. The molecule has 0 bridgehead atoms. The van der Waals surface area contributed by atoms with Crippen molar-refractivity contribution in [2.75, 3.05) is 10.0 Å². The quantitative estimate of drug-likeness (QED) is 0.697. The molecule has 0 aliphatic carbocycles. The van der Waals surface area contributed by atoms with Crippen LogP contribution < -0.4 is 15.5 Å². The first-order valence-electron chi connectivity index (χ1n) is 9.03. The van der Waals surface area contributed by atoms with E-state index in [4.69, 9.17) is 0 Å². The highest BCUT2D eigenvalue weighted by atomic mass is 32.2. The Morgan fingerprint density at radius 1 is 1.03 bits per heavy atom. The zero-order chi connectivity index (χ0) is 21.2. The molecule has 1 heterocycles. The van der Waals surface area contributed by atoms with Crippen molar-refractivity contribution in [2.24, 2.45) is 5.10 Å². The molecule has 1 aliphatic heterocycles. The van der Waals surface area contributed by atoms with Gasteiger partial charge in [0.25, 0.3) is 15.9 Å². The SMILES string of the molecule is Cc1ccc(NS(=O)(=O)c2cc(NC(=O)C3=NNC(=O)CC3)ccc2C)c(C)c1. The van der Waals surface area contributed by atoms with E-state index in [1.54, 1.807) is 25.1 Å². The normalized spacial score (nSPS) is 14.0. The number of nitrogens with one attached hydrogen (secondary N) is 3. The van der Waals surface area contributed by atoms with E-state index in [9.17, 15) is 18.0 Å². The van der Waals surface area contributed by atoms with Crippen molar-refractivity contribution >= 4 is 38.9 Å². The number of rotatable bonds is 5. The molecular formula is C20H22N4O4S. The van der Waals surface area contributed by atoms with Crippen LogP contribution in [-0.4, -0.2) is 25.9 Å². The van der Waals surface area contributed by atoms with Crippen molar-refractivity contribution < 1.29 is 18.0 Å². The number of hydrazone groups is 1. The highest BCUT2D eigenvalue weighted by Gasteiger charge is 2.21. The van der Waals surface area contributed by atoms with Crippen molar-refractivity contribution in [3.63, 3.8) is 0 Å². The second kappa shape index (κ2) is 8.04. The number of nitrogens with zero attached hydrogens (tertiary/aromatic N) is 1. The minimum Gasteiger partial charge on any atom is -0.321 e. The Kier molecular flexibility index (Phi) is 5.69. The highest BCUT2D eigenvalue weighted by molar-refractivity contribution is 7.92. The van der Waals surface area contributed by atoms with Crippen LogP contribution in [0.5, 0.6) is 0 Å². The smallest absolute Gasteiger partial charge is 0.271 e. The van der Waals surface area contributed by atoms with E-state index in [0.29, 0.717) is 16.9 Å². The predicted octanol–water partition coefficient (Wildman–Crippen LogP) is 2.62. The molecule has 2 amide bonds. The van der Waals surface area contributed by atoms with Gasteiger partial charge in [-0.05, 0) is 50.1 Å². The molecule has 0 radical (unpaired) electrons. The van der Waals surface area contributed by atoms with Gasteiger partial charge >= 0.3 is 0 Å². The Labute approximate surface area is 169 Å². The molecule has 2 aromatic rings. The molecule has 0 aromatic heterocycles. The van der Waals surface area contributed by atoms with E-state index in [-0.39, 0.29) is 29.4 Å². The van der Waals surface area contributed by atoms with Crippen molar-refractivity contribution in [1.82, 2.24) is 5.43 Å². The topological polar surface area (TPSA) is 117 Å². The third-order valence-corrected chi connectivity index (χ3v) is 6.04. The summed E-state index contributed by atoms with van der Waals surface area (Å²) in [5, 5.41) is 6.38. The van der Waals surface area contributed by atoms with Crippen LogP contribution in [0.25, 0.3) is 0 Å². The van der Waals surface area contributed by atoms with E-state index < -0.39 is 15.9 Å². The fraction of sp³-hybridized carbons (Fsp3) is 0.250. The summed E-state index contributed by atoms with van der Waals surface area (Å²) in [5.74, 6) is -0.734. The van der Waals surface area contributed by atoms with Gasteiger partial charge in [-0.25, -0.2) is 13.8 Å². The molecule has 2 aromatic carbocycles. The van der Waals surface area contributed by atoms with Gasteiger partial charge in [0.2, 0.25) is 5.91 Å². The van der Waals surface area contributed by atoms with Crippen LogP contribution in [0.4, 0.5) is 11.4 Å². The van der Waals surface area contributed by atoms with Crippen LogP contribution in [0.15, 0.2) is 46.4 Å². The monoisotopic (exact) mass is 414 g/mol. The average molecular weight is 414 g/mol. The molecule has 152 valence electrons. The van der Waals surface area contributed by atoms with Crippen LogP contribution in [0.1, 0.15) is 29.5 Å². The fourth-order valence-electron chi connectivity index (χ4n) is 2.94. The summed E-state index contributed by atoms with van der Waals surface area (Å²) in [5.41, 5.74) is 5.66. The van der Waals surface area contributed by atoms with Gasteiger partial charge in [-0.2, -0.15) is 5.10 Å². The lowest BCUT2D eigenvalue weighted by Crippen LogP contribution is -2.32. The van der Waals surface area contributed by atoms with Crippen LogP contribution in [0.3, 0.4) is 0 Å². The van der Waals surface area contributed by atoms with E-state index in [2.05, 4.69) is 20.6 Å². The summed E-state index contributed by atoms with van der Waals surface area (Å²) >= 11 is 0. The number of benzene rings is 2. The molecule has 0 atom stereocenters. The minimum atomic E-state index is -3.86. The molecule has 0 unspecified atom stereocenters. The summed E-state index contributed by atoms with van der Waals surface area (Å²) in [6, 6.07) is 10.1. The predicted molar refractivity (Wildman–Crippen MR) is 111 cm³/mol. The number of anilines is 2. The molecule has 0 fully saturated rings. The Balaban J connectivity index is 1.84. The molecule has 3 N–H and O–H groups in total. The number of aryl methyl sites for hydroxylation is 3. The first-order chi connectivity index (χ1) is 13.7. The maximum Gasteiger partial charge on any atom is 0.271 e. The van der Waals surface area contributed by atoms with Gasteiger partial charge in [0.05, 0.1) is 10.6 Å².